The molecule has 2 atom stereocenters. The van der Waals surface area contributed by atoms with Crippen molar-refractivity contribution in [1.29, 1.82) is 0 Å². The molecule has 2 unspecified atom stereocenters. The minimum absolute atomic E-state index is 1.17. The molecule has 0 spiro atoms. The van der Waals surface area contributed by atoms with Gasteiger partial charge in [0.25, 0.3) is 0 Å². The first-order valence-corrected chi connectivity index (χ1v) is 5.43. The van der Waals surface area contributed by atoms with Crippen LogP contribution in [-0.2, 0) is 0 Å². The Morgan fingerprint density at radius 1 is 0.727 bits per heavy atom. The Bertz CT molecular complexity index is 153. The molecule has 0 aromatic heterocycles. The van der Waals surface area contributed by atoms with E-state index in [1.807, 2.05) is 0 Å². The summed E-state index contributed by atoms with van der Waals surface area (Å²) in [6, 6.07) is 0. The van der Waals surface area contributed by atoms with Crippen molar-refractivity contribution in [2.24, 2.45) is 23.7 Å². The monoisotopic (exact) mass is 150 g/mol. The van der Waals surface area contributed by atoms with Crippen molar-refractivity contribution in [3.8, 4) is 0 Å². The molecule has 4 fully saturated rings. The molecule has 4 saturated carbocycles. The lowest BCUT2D eigenvalue weighted by Gasteiger charge is -2.37. The average Bonchev–Trinajstić information content (AvgIpc) is 2.23. The highest BCUT2D eigenvalue weighted by Gasteiger charge is 2.43. The third-order valence-electron chi connectivity index (χ3n) is 4.54. The average molecular weight is 150 g/mol. The maximum Gasteiger partial charge on any atom is -0.0357 e. The molecule has 11 heavy (non-hydrogen) atoms. The van der Waals surface area contributed by atoms with E-state index in [0.717, 1.165) is 0 Å². The lowest BCUT2D eigenvalue weighted by molar-refractivity contribution is 0.136. The van der Waals surface area contributed by atoms with Crippen LogP contribution in [0.5, 0.6) is 0 Å². The smallest absolute Gasteiger partial charge is 0.0357 e. The van der Waals surface area contributed by atoms with E-state index >= 15 is 0 Å². The lowest BCUT2D eigenvalue weighted by Crippen LogP contribution is -2.27. The van der Waals surface area contributed by atoms with E-state index in [4.69, 9.17) is 0 Å². The Balaban J connectivity index is 1.81. The molecule has 0 N–H and O–H groups in total. The minimum atomic E-state index is 1.17. The van der Waals surface area contributed by atoms with Gasteiger partial charge in [-0.2, -0.15) is 0 Å². The molecule has 0 heteroatoms. The van der Waals surface area contributed by atoms with Gasteiger partial charge in [0.1, 0.15) is 0 Å². The molecule has 0 radical (unpaired) electrons. The Kier molecular flexibility index (Phi) is 1.33. The zero-order chi connectivity index (χ0) is 7.26. The number of hydrogen-bond donors (Lipinski definition) is 0. The van der Waals surface area contributed by atoms with Crippen LogP contribution >= 0.6 is 0 Å². The molecular weight excluding hydrogens is 132 g/mol. The largest absolute Gasteiger partial charge is 0.0527 e. The predicted octanol–water partition coefficient (Wildman–Crippen LogP) is 3.22. The van der Waals surface area contributed by atoms with E-state index < -0.39 is 0 Å². The SMILES string of the molecule is C1CC2CCC3CC(C3)C2C1. The van der Waals surface area contributed by atoms with E-state index in [2.05, 4.69) is 0 Å². The molecule has 0 saturated heterocycles. The zero-order valence-electron chi connectivity index (χ0n) is 7.26. The molecule has 0 heterocycles. The van der Waals surface area contributed by atoms with Gasteiger partial charge in [-0.05, 0) is 49.4 Å². The summed E-state index contributed by atoms with van der Waals surface area (Å²) in [6.45, 7) is 0. The van der Waals surface area contributed by atoms with Crippen LogP contribution in [0.3, 0.4) is 0 Å². The molecule has 0 nitrogen and oxygen atoms in total. The Morgan fingerprint density at radius 3 is 2.55 bits per heavy atom. The standard InChI is InChI=1S/C11H18/c1-2-9-5-4-8-6-10(7-8)11(9)3-1/h8-11H,1-7H2. The third kappa shape index (κ3) is 0.878. The molecule has 0 aromatic carbocycles. The molecule has 2 bridgehead atoms. The molecule has 62 valence electrons. The van der Waals surface area contributed by atoms with Crippen LogP contribution in [0.25, 0.3) is 0 Å². The van der Waals surface area contributed by atoms with Gasteiger partial charge in [0.15, 0.2) is 0 Å². The third-order valence-corrected chi connectivity index (χ3v) is 4.54. The number of fused-ring (bicyclic) bond motifs is 1. The van der Waals surface area contributed by atoms with Gasteiger partial charge in [-0.3, -0.25) is 0 Å². The quantitative estimate of drug-likeness (QED) is 0.497. The second-order valence-corrected chi connectivity index (χ2v) is 5.03. The van der Waals surface area contributed by atoms with Gasteiger partial charge in [0.05, 0.1) is 0 Å². The van der Waals surface area contributed by atoms with Gasteiger partial charge < -0.3 is 0 Å². The van der Waals surface area contributed by atoms with Crippen molar-refractivity contribution in [2.75, 3.05) is 0 Å². The van der Waals surface area contributed by atoms with Gasteiger partial charge in [0, 0.05) is 0 Å². The summed E-state index contributed by atoms with van der Waals surface area (Å²) in [4.78, 5) is 0. The van der Waals surface area contributed by atoms with Crippen LogP contribution in [0.4, 0.5) is 0 Å². The maximum absolute atomic E-state index is 1.61. The van der Waals surface area contributed by atoms with Crippen LogP contribution in [0, 0.1) is 23.7 Å². The van der Waals surface area contributed by atoms with Crippen LogP contribution in [0.15, 0.2) is 0 Å². The van der Waals surface area contributed by atoms with Crippen molar-refractivity contribution >= 4 is 0 Å². The van der Waals surface area contributed by atoms with Gasteiger partial charge in [-0.1, -0.05) is 19.3 Å². The second kappa shape index (κ2) is 2.24. The van der Waals surface area contributed by atoms with Crippen molar-refractivity contribution in [3.05, 3.63) is 0 Å². The molecule has 0 aliphatic heterocycles. The van der Waals surface area contributed by atoms with Crippen molar-refractivity contribution < 1.29 is 0 Å². The highest BCUT2D eigenvalue weighted by atomic mass is 14.5. The highest BCUT2D eigenvalue weighted by Crippen LogP contribution is 2.54. The summed E-state index contributed by atoms with van der Waals surface area (Å²) in [6.07, 6.45) is 11.1. The summed E-state index contributed by atoms with van der Waals surface area (Å²) in [5.41, 5.74) is 0. The molecule has 4 aliphatic rings. The van der Waals surface area contributed by atoms with E-state index in [9.17, 15) is 0 Å². The first kappa shape index (κ1) is 6.51. The lowest BCUT2D eigenvalue weighted by atomic mass is 9.69. The normalized spacial score (nSPS) is 54.5. The van der Waals surface area contributed by atoms with Crippen molar-refractivity contribution in [3.63, 3.8) is 0 Å². The summed E-state index contributed by atoms with van der Waals surface area (Å²) in [7, 11) is 0. The highest BCUT2D eigenvalue weighted by molar-refractivity contribution is 4.94. The second-order valence-electron chi connectivity index (χ2n) is 5.03. The Labute approximate surface area is 69.4 Å². The zero-order valence-corrected chi connectivity index (χ0v) is 7.26. The molecular formula is C11H18. The minimum Gasteiger partial charge on any atom is -0.0527 e. The van der Waals surface area contributed by atoms with Crippen LogP contribution in [-0.4, -0.2) is 0 Å². The number of rotatable bonds is 0. The fourth-order valence-electron chi connectivity index (χ4n) is 3.87. The molecule has 4 rings (SSSR count). The van der Waals surface area contributed by atoms with E-state index in [-0.39, 0.29) is 0 Å². The van der Waals surface area contributed by atoms with Gasteiger partial charge in [0.2, 0.25) is 0 Å². The molecule has 4 aliphatic carbocycles. The summed E-state index contributed by atoms with van der Waals surface area (Å²) >= 11 is 0. The predicted molar refractivity (Wildman–Crippen MR) is 46.3 cm³/mol. The van der Waals surface area contributed by atoms with E-state index in [1.54, 1.807) is 44.9 Å². The van der Waals surface area contributed by atoms with Crippen LogP contribution < -0.4 is 0 Å². The fourth-order valence-corrected chi connectivity index (χ4v) is 3.87. The summed E-state index contributed by atoms with van der Waals surface area (Å²) < 4.78 is 0. The Morgan fingerprint density at radius 2 is 1.64 bits per heavy atom. The van der Waals surface area contributed by atoms with Crippen molar-refractivity contribution in [2.45, 2.75) is 44.9 Å². The number of hydrogen-bond acceptors (Lipinski definition) is 0. The maximum atomic E-state index is 1.61. The van der Waals surface area contributed by atoms with Gasteiger partial charge in [-0.25, -0.2) is 0 Å². The van der Waals surface area contributed by atoms with Crippen LogP contribution in [0.1, 0.15) is 44.9 Å². The fraction of sp³-hybridized carbons (Fsp3) is 1.00. The van der Waals surface area contributed by atoms with Crippen molar-refractivity contribution in [1.82, 2.24) is 0 Å². The van der Waals surface area contributed by atoms with Gasteiger partial charge >= 0.3 is 0 Å². The molecule has 0 aromatic rings. The molecule has 0 amide bonds. The van der Waals surface area contributed by atoms with E-state index in [0.29, 0.717) is 0 Å². The Hall–Kier alpha value is 0. The summed E-state index contributed by atoms with van der Waals surface area (Å²) in [5.74, 6) is 4.72. The first-order chi connectivity index (χ1) is 5.43. The van der Waals surface area contributed by atoms with Crippen LogP contribution in [0.2, 0.25) is 0 Å². The van der Waals surface area contributed by atoms with E-state index in [1.165, 1.54) is 23.7 Å². The first-order valence-electron chi connectivity index (χ1n) is 5.43. The van der Waals surface area contributed by atoms with Gasteiger partial charge in [-0.15, -0.1) is 0 Å². The topological polar surface area (TPSA) is 0 Å². The summed E-state index contributed by atoms with van der Waals surface area (Å²) in [5, 5.41) is 0.